The van der Waals surface area contributed by atoms with Crippen molar-refractivity contribution in [2.45, 2.75) is 13.8 Å². The molecule has 0 N–H and O–H groups in total. The molecule has 0 atom stereocenters. The summed E-state index contributed by atoms with van der Waals surface area (Å²) < 4.78 is 11.1. The summed E-state index contributed by atoms with van der Waals surface area (Å²) in [5, 5.41) is 0.896. The molecule has 4 nitrogen and oxygen atoms in total. The number of hydrogen-bond donors (Lipinski definition) is 0. The molecule has 5 heteroatoms. The third kappa shape index (κ3) is 2.30. The number of aryl methyl sites for hydroxylation is 2. The number of fused-ring (bicyclic) bond motifs is 1. The lowest BCUT2D eigenvalue weighted by molar-refractivity contribution is 0.0594. The van der Waals surface area contributed by atoms with Crippen molar-refractivity contribution in [3.8, 4) is 5.75 Å². The average Bonchev–Trinajstić information content (AvgIpc) is 2.42. The molecule has 19 heavy (non-hydrogen) atoms. The van der Waals surface area contributed by atoms with Crippen LogP contribution in [0.4, 0.5) is 0 Å². The highest BCUT2D eigenvalue weighted by molar-refractivity contribution is 9.10. The van der Waals surface area contributed by atoms with Gasteiger partial charge >= 0.3 is 5.97 Å². The van der Waals surface area contributed by atoms with E-state index in [1.807, 2.05) is 19.9 Å². The van der Waals surface area contributed by atoms with Gasteiger partial charge in [0.2, 0.25) is 0 Å². The molecular weight excluding hydrogens is 310 g/mol. The van der Waals surface area contributed by atoms with Gasteiger partial charge in [-0.15, -0.1) is 0 Å². The monoisotopic (exact) mass is 323 g/mol. The summed E-state index contributed by atoms with van der Waals surface area (Å²) in [5.74, 6) is 0.141. The maximum atomic E-state index is 11.6. The predicted molar refractivity (Wildman–Crippen MR) is 76.8 cm³/mol. The van der Waals surface area contributed by atoms with Crippen molar-refractivity contribution in [3.63, 3.8) is 0 Å². The molecule has 0 unspecified atom stereocenters. The van der Waals surface area contributed by atoms with Crippen molar-refractivity contribution in [2.24, 2.45) is 0 Å². The molecule has 0 fully saturated rings. The molecule has 2 aromatic rings. The number of pyridine rings is 1. The maximum absolute atomic E-state index is 11.6. The third-order valence-electron chi connectivity index (χ3n) is 3.03. The Balaban J connectivity index is 2.85. The fourth-order valence-electron chi connectivity index (χ4n) is 2.07. The Bertz CT molecular complexity index is 668. The van der Waals surface area contributed by atoms with Crippen LogP contribution in [0.25, 0.3) is 10.9 Å². The van der Waals surface area contributed by atoms with Crippen molar-refractivity contribution in [2.75, 3.05) is 14.2 Å². The second kappa shape index (κ2) is 5.17. The molecule has 0 bridgehead atoms. The Hall–Kier alpha value is -1.62. The molecule has 1 heterocycles. The van der Waals surface area contributed by atoms with E-state index in [0.717, 1.165) is 26.5 Å². The van der Waals surface area contributed by atoms with Crippen LogP contribution in [-0.4, -0.2) is 25.2 Å². The van der Waals surface area contributed by atoms with Gasteiger partial charge in [0.15, 0.2) is 5.69 Å². The van der Waals surface area contributed by atoms with Gasteiger partial charge in [0, 0.05) is 15.9 Å². The van der Waals surface area contributed by atoms with E-state index in [1.165, 1.54) is 7.11 Å². The van der Waals surface area contributed by atoms with Crippen LogP contribution in [0.1, 0.15) is 21.6 Å². The van der Waals surface area contributed by atoms with E-state index >= 15 is 0 Å². The van der Waals surface area contributed by atoms with Crippen molar-refractivity contribution in [3.05, 3.63) is 33.4 Å². The Morgan fingerprint density at radius 3 is 2.53 bits per heavy atom. The number of nitrogens with zero attached hydrogens (tertiary/aromatic N) is 1. The van der Waals surface area contributed by atoms with Crippen molar-refractivity contribution in [1.82, 2.24) is 4.98 Å². The molecule has 0 amide bonds. The zero-order valence-corrected chi connectivity index (χ0v) is 12.8. The van der Waals surface area contributed by atoms with Crippen LogP contribution < -0.4 is 4.74 Å². The van der Waals surface area contributed by atoms with Crippen LogP contribution in [0.15, 0.2) is 16.6 Å². The van der Waals surface area contributed by atoms with Crippen molar-refractivity contribution in [1.29, 1.82) is 0 Å². The van der Waals surface area contributed by atoms with E-state index in [-0.39, 0.29) is 5.69 Å². The minimum Gasteiger partial charge on any atom is -0.496 e. The van der Waals surface area contributed by atoms with Gasteiger partial charge in [0.1, 0.15) is 5.75 Å². The lowest BCUT2D eigenvalue weighted by Crippen LogP contribution is -2.06. The number of ether oxygens (including phenoxy) is 2. The molecule has 0 saturated carbocycles. The van der Waals surface area contributed by atoms with E-state index in [0.29, 0.717) is 5.75 Å². The van der Waals surface area contributed by atoms with E-state index in [4.69, 9.17) is 9.47 Å². The van der Waals surface area contributed by atoms with Gasteiger partial charge in [-0.3, -0.25) is 0 Å². The van der Waals surface area contributed by atoms with Gasteiger partial charge in [0.05, 0.1) is 19.7 Å². The summed E-state index contributed by atoms with van der Waals surface area (Å²) in [6.07, 6.45) is 0. The number of carbonyl (C=O) groups is 1. The first-order valence-corrected chi connectivity index (χ1v) is 6.51. The number of methoxy groups -OCH3 is 2. The number of hydrogen-bond acceptors (Lipinski definition) is 4. The number of rotatable bonds is 2. The topological polar surface area (TPSA) is 48.4 Å². The summed E-state index contributed by atoms with van der Waals surface area (Å²) in [6, 6.07) is 3.52. The highest BCUT2D eigenvalue weighted by Gasteiger charge is 2.16. The summed E-state index contributed by atoms with van der Waals surface area (Å²) in [5.41, 5.74) is 3.06. The number of carbonyl (C=O) groups excluding carboxylic acids is 1. The highest BCUT2D eigenvalue weighted by atomic mass is 79.9. The molecule has 0 aliphatic carbocycles. The smallest absolute Gasteiger partial charge is 0.356 e. The quantitative estimate of drug-likeness (QED) is 0.795. The predicted octanol–water partition coefficient (Wildman–Crippen LogP) is 3.41. The zero-order valence-electron chi connectivity index (χ0n) is 11.2. The lowest BCUT2D eigenvalue weighted by atomic mass is 10.0. The molecular formula is C14H14BrNO3. The maximum Gasteiger partial charge on any atom is 0.356 e. The van der Waals surface area contributed by atoms with E-state index in [9.17, 15) is 4.79 Å². The Morgan fingerprint density at radius 1 is 1.26 bits per heavy atom. The minimum atomic E-state index is -0.474. The zero-order chi connectivity index (χ0) is 14.2. The number of halogens is 1. The van der Waals surface area contributed by atoms with E-state index < -0.39 is 5.97 Å². The Morgan fingerprint density at radius 2 is 1.95 bits per heavy atom. The summed E-state index contributed by atoms with van der Waals surface area (Å²) in [4.78, 5) is 16.0. The van der Waals surface area contributed by atoms with Crippen molar-refractivity contribution < 1.29 is 14.3 Å². The van der Waals surface area contributed by atoms with Crippen LogP contribution in [0.2, 0.25) is 0 Å². The summed E-state index contributed by atoms with van der Waals surface area (Å²) in [7, 11) is 2.90. The Kier molecular flexibility index (Phi) is 3.75. The number of benzene rings is 1. The van der Waals surface area contributed by atoms with E-state index in [2.05, 4.69) is 20.9 Å². The number of esters is 1. The molecule has 0 aliphatic heterocycles. The van der Waals surface area contributed by atoms with Gasteiger partial charge in [-0.1, -0.05) is 15.9 Å². The van der Waals surface area contributed by atoms with Gasteiger partial charge in [-0.2, -0.15) is 0 Å². The first kappa shape index (κ1) is 13.8. The molecule has 1 aromatic heterocycles. The Labute approximate surface area is 119 Å². The molecule has 100 valence electrons. The SMILES string of the molecule is COC(=O)c1cc(OC)c2c(C)c(Br)c(C)cc2n1. The summed E-state index contributed by atoms with van der Waals surface area (Å²) >= 11 is 3.55. The normalized spacial score (nSPS) is 10.6. The standard InChI is InChI=1S/C14H14BrNO3/c1-7-5-9-12(8(2)13(7)15)11(18-3)6-10(16-9)14(17)19-4/h5-6H,1-4H3. The third-order valence-corrected chi connectivity index (χ3v) is 4.25. The van der Waals surface area contributed by atoms with Gasteiger partial charge in [-0.25, -0.2) is 9.78 Å². The fraction of sp³-hybridized carbons (Fsp3) is 0.286. The van der Waals surface area contributed by atoms with E-state index in [1.54, 1.807) is 13.2 Å². The van der Waals surface area contributed by atoms with Crippen LogP contribution >= 0.6 is 15.9 Å². The van der Waals surface area contributed by atoms with Crippen LogP contribution in [0.5, 0.6) is 5.75 Å². The second-order valence-corrected chi connectivity index (χ2v) is 5.02. The highest BCUT2D eigenvalue weighted by Crippen LogP contribution is 2.34. The molecule has 0 aliphatic rings. The molecule has 1 aromatic carbocycles. The largest absolute Gasteiger partial charge is 0.496 e. The number of aromatic nitrogens is 1. The van der Waals surface area contributed by atoms with Crippen LogP contribution in [0.3, 0.4) is 0 Å². The van der Waals surface area contributed by atoms with Gasteiger partial charge in [0.25, 0.3) is 0 Å². The average molecular weight is 324 g/mol. The fourth-order valence-corrected chi connectivity index (χ4v) is 2.38. The first-order valence-electron chi connectivity index (χ1n) is 5.72. The molecule has 0 spiro atoms. The summed E-state index contributed by atoms with van der Waals surface area (Å²) in [6.45, 7) is 3.97. The van der Waals surface area contributed by atoms with Crippen molar-refractivity contribution >= 4 is 32.8 Å². The second-order valence-electron chi connectivity index (χ2n) is 4.23. The lowest BCUT2D eigenvalue weighted by Gasteiger charge is -2.12. The van der Waals surface area contributed by atoms with Crippen LogP contribution in [0, 0.1) is 13.8 Å². The first-order chi connectivity index (χ1) is 8.99. The molecule has 2 rings (SSSR count). The minimum absolute atomic E-state index is 0.243. The molecule has 0 radical (unpaired) electrons. The molecule has 0 saturated heterocycles. The van der Waals surface area contributed by atoms with Crippen LogP contribution in [-0.2, 0) is 4.74 Å². The van der Waals surface area contributed by atoms with Gasteiger partial charge < -0.3 is 9.47 Å². The van der Waals surface area contributed by atoms with Gasteiger partial charge in [-0.05, 0) is 31.0 Å².